The summed E-state index contributed by atoms with van der Waals surface area (Å²) in [5.41, 5.74) is 6.98. The number of nitrogens with two attached hydrogens (primary N) is 1. The number of nitrogens with zero attached hydrogens (tertiary/aromatic N) is 3. The molecule has 0 amide bonds. The summed E-state index contributed by atoms with van der Waals surface area (Å²) in [7, 11) is 1.99. The summed E-state index contributed by atoms with van der Waals surface area (Å²) < 4.78 is 11.2. The third-order valence-electron chi connectivity index (χ3n) is 4.02. The van der Waals surface area contributed by atoms with Gasteiger partial charge in [0.2, 0.25) is 5.88 Å². The Kier molecular flexibility index (Phi) is 5.72. The molecule has 0 bridgehead atoms. The van der Waals surface area contributed by atoms with Gasteiger partial charge in [0.05, 0.1) is 6.54 Å². The van der Waals surface area contributed by atoms with Crippen molar-refractivity contribution in [3.8, 4) is 11.6 Å². The molecule has 132 valence electrons. The number of aliphatic imine (C=N–C) groups is 1. The number of para-hydroxylation sites is 1. The van der Waals surface area contributed by atoms with Gasteiger partial charge in [-0.25, -0.2) is 9.98 Å². The molecule has 0 unspecified atom stereocenters. The molecule has 1 aliphatic rings. The van der Waals surface area contributed by atoms with Gasteiger partial charge >= 0.3 is 0 Å². The van der Waals surface area contributed by atoms with Crippen LogP contribution in [0.1, 0.15) is 18.4 Å². The number of ether oxygens (including phenoxy) is 2. The second-order valence-corrected chi connectivity index (χ2v) is 6.03. The quantitative estimate of drug-likeness (QED) is 0.454. The van der Waals surface area contributed by atoms with E-state index < -0.39 is 0 Å². The average Bonchev–Trinajstić information content (AvgIpc) is 3.50. The molecule has 0 aliphatic heterocycles. The van der Waals surface area contributed by atoms with Crippen molar-refractivity contribution < 1.29 is 9.47 Å². The van der Waals surface area contributed by atoms with Crippen LogP contribution in [0, 0.1) is 0 Å². The van der Waals surface area contributed by atoms with Gasteiger partial charge in [0.25, 0.3) is 0 Å². The highest BCUT2D eigenvalue weighted by Gasteiger charge is 2.27. The maximum absolute atomic E-state index is 5.98. The second-order valence-electron chi connectivity index (χ2n) is 6.03. The van der Waals surface area contributed by atoms with Crippen molar-refractivity contribution in [1.82, 2.24) is 9.88 Å². The highest BCUT2D eigenvalue weighted by Crippen LogP contribution is 2.24. The molecule has 6 nitrogen and oxygen atoms in total. The molecule has 3 rings (SSSR count). The van der Waals surface area contributed by atoms with Crippen molar-refractivity contribution in [1.29, 1.82) is 0 Å². The Morgan fingerprint density at radius 1 is 1.16 bits per heavy atom. The van der Waals surface area contributed by atoms with E-state index in [0.29, 0.717) is 37.6 Å². The number of aromatic nitrogens is 1. The van der Waals surface area contributed by atoms with E-state index in [-0.39, 0.29) is 0 Å². The first-order valence-corrected chi connectivity index (χ1v) is 8.51. The third kappa shape index (κ3) is 5.38. The highest BCUT2D eigenvalue weighted by atomic mass is 16.5. The minimum atomic E-state index is 0.443. The normalized spacial score (nSPS) is 14.2. The van der Waals surface area contributed by atoms with Gasteiger partial charge in [-0.05, 0) is 30.5 Å². The van der Waals surface area contributed by atoms with E-state index in [4.69, 9.17) is 15.2 Å². The number of benzene rings is 1. The molecule has 1 fully saturated rings. The van der Waals surface area contributed by atoms with E-state index in [0.717, 1.165) is 11.3 Å². The van der Waals surface area contributed by atoms with Gasteiger partial charge < -0.3 is 20.1 Å². The van der Waals surface area contributed by atoms with Crippen LogP contribution in [0.2, 0.25) is 0 Å². The third-order valence-corrected chi connectivity index (χ3v) is 4.02. The first kappa shape index (κ1) is 17.1. The van der Waals surface area contributed by atoms with E-state index in [1.54, 1.807) is 6.20 Å². The molecule has 1 heterocycles. The molecule has 1 aromatic carbocycles. The van der Waals surface area contributed by atoms with Crippen LogP contribution in [0.15, 0.2) is 53.7 Å². The molecule has 0 radical (unpaired) electrons. The van der Waals surface area contributed by atoms with Gasteiger partial charge in [-0.15, -0.1) is 0 Å². The first-order valence-electron chi connectivity index (χ1n) is 8.51. The molecular weight excluding hydrogens is 316 g/mol. The molecular formula is C19H24N4O2. The zero-order valence-electron chi connectivity index (χ0n) is 14.5. The van der Waals surface area contributed by atoms with Crippen LogP contribution >= 0.6 is 0 Å². The summed E-state index contributed by atoms with van der Waals surface area (Å²) in [5, 5.41) is 0. The van der Waals surface area contributed by atoms with Crippen LogP contribution in [0.5, 0.6) is 11.6 Å². The SMILES string of the molecule is CN(C(N)=NCc1ccc(OCCOc2ccccc2)nc1)C1CC1. The van der Waals surface area contributed by atoms with Crippen LogP contribution in [0.4, 0.5) is 0 Å². The Morgan fingerprint density at radius 2 is 1.92 bits per heavy atom. The van der Waals surface area contributed by atoms with Crippen LogP contribution in [-0.2, 0) is 6.54 Å². The van der Waals surface area contributed by atoms with Crippen molar-refractivity contribution >= 4 is 5.96 Å². The van der Waals surface area contributed by atoms with Gasteiger partial charge in [-0.2, -0.15) is 0 Å². The zero-order chi connectivity index (χ0) is 17.5. The van der Waals surface area contributed by atoms with Crippen LogP contribution < -0.4 is 15.2 Å². The fourth-order valence-electron chi connectivity index (χ4n) is 2.35. The molecule has 6 heteroatoms. The van der Waals surface area contributed by atoms with Gasteiger partial charge in [-0.3, -0.25) is 0 Å². The van der Waals surface area contributed by atoms with Crippen LogP contribution in [-0.4, -0.2) is 42.1 Å². The number of rotatable bonds is 8. The van der Waals surface area contributed by atoms with Crippen molar-refractivity contribution in [2.75, 3.05) is 20.3 Å². The number of hydrogen-bond donors (Lipinski definition) is 1. The lowest BCUT2D eigenvalue weighted by molar-refractivity contribution is 0.212. The van der Waals surface area contributed by atoms with E-state index in [1.807, 2.05) is 54.4 Å². The van der Waals surface area contributed by atoms with Gasteiger partial charge in [0, 0.05) is 25.4 Å². The van der Waals surface area contributed by atoms with E-state index in [2.05, 4.69) is 9.98 Å². The summed E-state index contributed by atoms with van der Waals surface area (Å²) in [6.07, 6.45) is 4.17. The predicted molar refractivity (Wildman–Crippen MR) is 97.8 cm³/mol. The summed E-state index contributed by atoms with van der Waals surface area (Å²) >= 11 is 0. The Hall–Kier alpha value is -2.76. The van der Waals surface area contributed by atoms with Gasteiger partial charge in [0.1, 0.15) is 19.0 Å². The molecule has 2 N–H and O–H groups in total. The van der Waals surface area contributed by atoms with Crippen molar-refractivity contribution in [3.63, 3.8) is 0 Å². The standard InChI is InChI=1S/C19H24N4O2/c1-23(16-8-9-16)19(20)22-14-15-7-10-18(21-13-15)25-12-11-24-17-5-3-2-4-6-17/h2-7,10,13,16H,8-9,11-12,14H2,1H3,(H2,20,22). The topological polar surface area (TPSA) is 73.0 Å². The summed E-state index contributed by atoms with van der Waals surface area (Å²) in [6, 6.07) is 14.0. The van der Waals surface area contributed by atoms with Gasteiger partial charge in [0.15, 0.2) is 5.96 Å². The van der Waals surface area contributed by atoms with E-state index >= 15 is 0 Å². The number of pyridine rings is 1. The van der Waals surface area contributed by atoms with E-state index in [1.165, 1.54) is 12.8 Å². The minimum Gasteiger partial charge on any atom is -0.490 e. The Morgan fingerprint density at radius 3 is 2.60 bits per heavy atom. The summed E-state index contributed by atoms with van der Waals surface area (Å²) in [6.45, 7) is 1.44. The van der Waals surface area contributed by atoms with E-state index in [9.17, 15) is 0 Å². The molecule has 0 atom stereocenters. The fourth-order valence-corrected chi connectivity index (χ4v) is 2.35. The highest BCUT2D eigenvalue weighted by molar-refractivity contribution is 5.78. The Balaban J connectivity index is 1.40. The van der Waals surface area contributed by atoms with Crippen molar-refractivity contribution in [2.45, 2.75) is 25.4 Å². The molecule has 0 saturated heterocycles. The maximum Gasteiger partial charge on any atom is 0.213 e. The minimum absolute atomic E-state index is 0.443. The molecule has 0 spiro atoms. The number of hydrogen-bond acceptors (Lipinski definition) is 4. The monoisotopic (exact) mass is 340 g/mol. The zero-order valence-corrected chi connectivity index (χ0v) is 14.5. The van der Waals surface area contributed by atoms with Gasteiger partial charge in [-0.1, -0.05) is 24.3 Å². The van der Waals surface area contributed by atoms with Crippen LogP contribution in [0.25, 0.3) is 0 Å². The average molecular weight is 340 g/mol. The molecule has 1 aliphatic carbocycles. The first-order chi connectivity index (χ1) is 12.2. The summed E-state index contributed by atoms with van der Waals surface area (Å²) in [5.74, 6) is 1.99. The molecule has 25 heavy (non-hydrogen) atoms. The molecule has 1 aromatic heterocycles. The Bertz CT molecular complexity index is 684. The fraction of sp³-hybridized carbons (Fsp3) is 0.368. The largest absolute Gasteiger partial charge is 0.490 e. The Labute approximate surface area is 148 Å². The maximum atomic E-state index is 5.98. The lowest BCUT2D eigenvalue weighted by Crippen LogP contribution is -2.35. The molecule has 2 aromatic rings. The smallest absolute Gasteiger partial charge is 0.213 e. The lowest BCUT2D eigenvalue weighted by Gasteiger charge is -2.16. The van der Waals surface area contributed by atoms with Crippen molar-refractivity contribution in [2.24, 2.45) is 10.7 Å². The summed E-state index contributed by atoms with van der Waals surface area (Å²) in [4.78, 5) is 10.7. The van der Waals surface area contributed by atoms with Crippen LogP contribution in [0.3, 0.4) is 0 Å². The molecule has 1 saturated carbocycles. The number of guanidine groups is 1. The van der Waals surface area contributed by atoms with Crippen molar-refractivity contribution in [3.05, 3.63) is 54.2 Å². The lowest BCUT2D eigenvalue weighted by atomic mass is 10.3. The predicted octanol–water partition coefficient (Wildman–Crippen LogP) is 2.45. The second kappa shape index (κ2) is 8.37.